The Labute approximate surface area is 147 Å². The molecule has 0 spiro atoms. The van der Waals surface area contributed by atoms with Crippen LogP contribution in [0.3, 0.4) is 0 Å². The van der Waals surface area contributed by atoms with Crippen molar-refractivity contribution in [3.63, 3.8) is 0 Å². The van der Waals surface area contributed by atoms with Crippen LogP contribution in [0.1, 0.15) is 17.8 Å². The third-order valence-electron chi connectivity index (χ3n) is 4.96. The van der Waals surface area contributed by atoms with Crippen LogP contribution in [-0.4, -0.2) is 45.6 Å². The molecule has 0 amide bonds. The van der Waals surface area contributed by atoms with Crippen LogP contribution in [0.5, 0.6) is 0 Å². The minimum absolute atomic E-state index is 0.0843. The number of imidazole rings is 1. The molecule has 1 aliphatic heterocycles. The van der Waals surface area contributed by atoms with Gasteiger partial charge in [-0.2, -0.15) is 0 Å². The van der Waals surface area contributed by atoms with Gasteiger partial charge in [0.1, 0.15) is 0 Å². The van der Waals surface area contributed by atoms with Crippen molar-refractivity contribution >= 4 is 11.6 Å². The fraction of sp³-hybridized carbons (Fsp3) is 0.500. The minimum Gasteiger partial charge on any atom is -0.364 e. The number of aryl methyl sites for hydroxylation is 1. The number of hydrogen-bond acceptors (Lipinski definition) is 5. The lowest BCUT2D eigenvalue weighted by molar-refractivity contribution is -0.388. The van der Waals surface area contributed by atoms with Gasteiger partial charge < -0.3 is 20.3 Å². The Morgan fingerprint density at radius 3 is 2.84 bits per heavy atom. The number of nitro groups is 1. The summed E-state index contributed by atoms with van der Waals surface area (Å²) in [6.45, 7) is 5.70. The van der Waals surface area contributed by atoms with Crippen molar-refractivity contribution in [2.45, 2.75) is 19.8 Å². The van der Waals surface area contributed by atoms with E-state index in [4.69, 9.17) is 0 Å². The molecular formula is C18H25N5O2. The first kappa shape index (κ1) is 17.4. The van der Waals surface area contributed by atoms with Gasteiger partial charge in [-0.1, -0.05) is 30.3 Å². The maximum Gasteiger partial charge on any atom is 0.406 e. The van der Waals surface area contributed by atoms with Gasteiger partial charge in [0.2, 0.25) is 11.6 Å². The van der Waals surface area contributed by atoms with Gasteiger partial charge in [0.15, 0.2) is 0 Å². The molecule has 1 aliphatic rings. The van der Waals surface area contributed by atoms with Gasteiger partial charge in [-0.05, 0) is 40.8 Å². The van der Waals surface area contributed by atoms with E-state index >= 15 is 0 Å². The Morgan fingerprint density at radius 1 is 1.36 bits per heavy atom. The lowest BCUT2D eigenvalue weighted by Gasteiger charge is -2.16. The summed E-state index contributed by atoms with van der Waals surface area (Å²) >= 11 is 0. The van der Waals surface area contributed by atoms with Crippen LogP contribution in [0.2, 0.25) is 0 Å². The highest BCUT2D eigenvalue weighted by atomic mass is 16.6. The van der Waals surface area contributed by atoms with Gasteiger partial charge in [0.25, 0.3) is 0 Å². The Hall–Kier alpha value is -2.41. The van der Waals surface area contributed by atoms with Crippen molar-refractivity contribution in [1.82, 2.24) is 14.5 Å². The van der Waals surface area contributed by atoms with Crippen LogP contribution in [0, 0.1) is 23.0 Å². The zero-order chi connectivity index (χ0) is 17.8. The molecule has 3 rings (SSSR count). The number of benzene rings is 1. The number of aromatic nitrogens is 2. The molecular weight excluding hydrogens is 318 g/mol. The van der Waals surface area contributed by atoms with Gasteiger partial charge in [0, 0.05) is 33.6 Å². The van der Waals surface area contributed by atoms with Gasteiger partial charge >= 0.3 is 5.82 Å². The summed E-state index contributed by atoms with van der Waals surface area (Å²) in [4.78, 5) is 17.2. The molecule has 1 aromatic carbocycles. The Morgan fingerprint density at radius 2 is 2.12 bits per heavy atom. The number of nitrogens with one attached hydrogen (secondary N) is 1. The molecule has 7 heteroatoms. The van der Waals surface area contributed by atoms with E-state index in [0.717, 1.165) is 39.0 Å². The number of likely N-dealkylation sites (tertiary alicyclic amines) is 1. The van der Waals surface area contributed by atoms with E-state index in [0.29, 0.717) is 17.6 Å². The summed E-state index contributed by atoms with van der Waals surface area (Å²) in [6.07, 6.45) is 2.18. The predicted molar refractivity (Wildman–Crippen MR) is 97.8 cm³/mol. The Bertz CT molecular complexity index is 729. The second kappa shape index (κ2) is 7.65. The van der Waals surface area contributed by atoms with Gasteiger partial charge in [-0.3, -0.25) is 4.57 Å². The van der Waals surface area contributed by atoms with E-state index in [2.05, 4.69) is 39.5 Å². The third-order valence-corrected chi connectivity index (χ3v) is 4.96. The van der Waals surface area contributed by atoms with Crippen LogP contribution < -0.4 is 5.32 Å². The predicted octanol–water partition coefficient (Wildman–Crippen LogP) is 2.61. The van der Waals surface area contributed by atoms with E-state index in [1.165, 1.54) is 5.56 Å². The monoisotopic (exact) mass is 343 g/mol. The molecule has 1 aromatic heterocycles. The Kier molecular flexibility index (Phi) is 5.33. The highest BCUT2D eigenvalue weighted by Crippen LogP contribution is 2.25. The maximum atomic E-state index is 11.1. The first-order valence-corrected chi connectivity index (χ1v) is 8.72. The molecule has 2 aromatic rings. The average molecular weight is 343 g/mol. The SMILES string of the molecule is Cc1nc([N+](=O)[O-])c(NC[C@@H]2CCN(CCc3ccccc3)C2)n1C. The van der Waals surface area contributed by atoms with Crippen molar-refractivity contribution in [2.24, 2.45) is 13.0 Å². The zero-order valence-electron chi connectivity index (χ0n) is 14.8. The first-order chi connectivity index (χ1) is 12.0. The van der Waals surface area contributed by atoms with Gasteiger partial charge in [-0.25, -0.2) is 0 Å². The van der Waals surface area contributed by atoms with Crippen molar-refractivity contribution in [2.75, 3.05) is 31.5 Å². The molecule has 1 N–H and O–H groups in total. The summed E-state index contributed by atoms with van der Waals surface area (Å²) in [5.41, 5.74) is 1.37. The highest BCUT2D eigenvalue weighted by molar-refractivity contribution is 5.53. The van der Waals surface area contributed by atoms with Crippen LogP contribution in [-0.2, 0) is 13.5 Å². The Balaban J connectivity index is 1.50. The molecule has 0 bridgehead atoms. The first-order valence-electron chi connectivity index (χ1n) is 8.72. The zero-order valence-corrected chi connectivity index (χ0v) is 14.8. The van der Waals surface area contributed by atoms with Crippen LogP contribution in [0.25, 0.3) is 0 Å². The fourth-order valence-corrected chi connectivity index (χ4v) is 3.37. The summed E-state index contributed by atoms with van der Waals surface area (Å²) in [6, 6.07) is 10.5. The number of anilines is 1. The summed E-state index contributed by atoms with van der Waals surface area (Å²) in [5.74, 6) is 1.57. The lowest BCUT2D eigenvalue weighted by Crippen LogP contribution is -2.25. The lowest BCUT2D eigenvalue weighted by atomic mass is 10.1. The van der Waals surface area contributed by atoms with E-state index in [9.17, 15) is 10.1 Å². The highest BCUT2D eigenvalue weighted by Gasteiger charge is 2.26. The van der Waals surface area contributed by atoms with Crippen LogP contribution >= 0.6 is 0 Å². The van der Waals surface area contributed by atoms with Crippen LogP contribution in [0.15, 0.2) is 30.3 Å². The third kappa shape index (κ3) is 4.17. The smallest absolute Gasteiger partial charge is 0.364 e. The molecule has 7 nitrogen and oxygen atoms in total. The van der Waals surface area contributed by atoms with Crippen molar-refractivity contribution < 1.29 is 4.92 Å². The van der Waals surface area contributed by atoms with Crippen molar-refractivity contribution in [1.29, 1.82) is 0 Å². The summed E-state index contributed by atoms with van der Waals surface area (Å²) < 4.78 is 1.75. The normalized spacial score (nSPS) is 17.8. The summed E-state index contributed by atoms with van der Waals surface area (Å²) in [7, 11) is 1.80. The molecule has 25 heavy (non-hydrogen) atoms. The molecule has 0 aliphatic carbocycles. The average Bonchev–Trinajstić information content (AvgIpc) is 3.18. The largest absolute Gasteiger partial charge is 0.406 e. The minimum atomic E-state index is -0.420. The topological polar surface area (TPSA) is 76.2 Å². The van der Waals surface area contributed by atoms with Gasteiger partial charge in [0.05, 0.1) is 0 Å². The van der Waals surface area contributed by atoms with E-state index < -0.39 is 4.92 Å². The number of hydrogen-bond donors (Lipinski definition) is 1. The number of rotatable bonds is 7. The van der Waals surface area contributed by atoms with E-state index in [1.807, 2.05) is 6.07 Å². The molecule has 0 saturated carbocycles. The number of nitrogens with zero attached hydrogens (tertiary/aromatic N) is 4. The molecule has 1 fully saturated rings. The quantitative estimate of drug-likeness (QED) is 0.618. The molecule has 134 valence electrons. The second-order valence-corrected chi connectivity index (χ2v) is 6.72. The molecule has 1 atom stereocenters. The summed E-state index contributed by atoms with van der Waals surface area (Å²) in [5, 5.41) is 14.4. The van der Waals surface area contributed by atoms with Crippen molar-refractivity contribution in [3.8, 4) is 0 Å². The second-order valence-electron chi connectivity index (χ2n) is 6.72. The van der Waals surface area contributed by atoms with Crippen LogP contribution in [0.4, 0.5) is 11.6 Å². The van der Waals surface area contributed by atoms with Crippen molar-refractivity contribution in [3.05, 3.63) is 51.8 Å². The van der Waals surface area contributed by atoms with Gasteiger partial charge in [-0.15, -0.1) is 0 Å². The molecule has 0 radical (unpaired) electrons. The van der Waals surface area contributed by atoms with E-state index in [-0.39, 0.29) is 5.82 Å². The molecule has 0 unspecified atom stereocenters. The fourth-order valence-electron chi connectivity index (χ4n) is 3.37. The standard InChI is InChI=1S/C18H25N5O2/c1-14-20-18(23(24)25)17(21(14)2)19-12-16-9-11-22(13-16)10-8-15-6-4-3-5-7-15/h3-7,16,19H,8-13H2,1-2H3/t16-/m0/s1. The molecule has 1 saturated heterocycles. The maximum absolute atomic E-state index is 11.1. The van der Waals surface area contributed by atoms with E-state index in [1.54, 1.807) is 18.5 Å². The molecule has 2 heterocycles.